The number of piperazine rings is 1. The lowest BCUT2D eigenvalue weighted by Crippen LogP contribution is -2.52. The number of carbonyl (C=O) groups is 4. The van der Waals surface area contributed by atoms with E-state index in [0.29, 0.717) is 12.0 Å². The quantitative estimate of drug-likeness (QED) is 0.247. The first-order valence-corrected chi connectivity index (χ1v) is 12.3. The summed E-state index contributed by atoms with van der Waals surface area (Å²) in [4.78, 5) is 63.6. The van der Waals surface area contributed by atoms with Crippen molar-refractivity contribution in [3.63, 3.8) is 0 Å². The van der Waals surface area contributed by atoms with Gasteiger partial charge in [-0.05, 0) is 24.3 Å². The van der Waals surface area contributed by atoms with E-state index in [9.17, 15) is 23.6 Å². The van der Waals surface area contributed by atoms with Crippen molar-refractivity contribution in [3.8, 4) is 5.75 Å². The van der Waals surface area contributed by atoms with Crippen molar-refractivity contribution in [2.45, 2.75) is 6.42 Å². The summed E-state index contributed by atoms with van der Waals surface area (Å²) in [5.74, 6) is -2.59. The fourth-order valence-corrected chi connectivity index (χ4v) is 4.44. The number of rotatable bonds is 7. The lowest BCUT2D eigenvalue weighted by atomic mass is 10.1. The minimum absolute atomic E-state index is 0.00461. The van der Waals surface area contributed by atoms with Gasteiger partial charge in [-0.1, -0.05) is 18.2 Å². The number of Topliss-reactive ketones (excluding diaryl/α,β-unsaturated/α-hetero) is 1. The third kappa shape index (κ3) is 5.49. The maximum Gasteiger partial charge on any atom is 0.412 e. The topological polar surface area (TPSA) is 140 Å². The van der Waals surface area contributed by atoms with E-state index in [0.717, 1.165) is 11.8 Å². The van der Waals surface area contributed by atoms with E-state index >= 15 is 0 Å². The van der Waals surface area contributed by atoms with Gasteiger partial charge in [0.1, 0.15) is 5.82 Å². The molecule has 3 N–H and O–H groups in total. The second-order valence-corrected chi connectivity index (χ2v) is 8.92. The molecule has 0 unspecified atom stereocenters. The summed E-state index contributed by atoms with van der Waals surface area (Å²) >= 11 is 0. The van der Waals surface area contributed by atoms with Crippen molar-refractivity contribution in [2.24, 2.45) is 0 Å². The van der Waals surface area contributed by atoms with E-state index in [1.165, 1.54) is 23.5 Å². The fourth-order valence-electron chi connectivity index (χ4n) is 4.44. The number of halogens is 1. The molecule has 1 fully saturated rings. The van der Waals surface area contributed by atoms with Crippen molar-refractivity contribution in [1.29, 1.82) is 0 Å². The van der Waals surface area contributed by atoms with Crippen molar-refractivity contribution in [3.05, 3.63) is 83.8 Å². The molecular formula is C27H25FN6O5. The molecule has 3 heterocycles. The zero-order valence-electron chi connectivity index (χ0n) is 20.8. The van der Waals surface area contributed by atoms with Crippen LogP contribution in [-0.2, 0) is 11.2 Å². The molecule has 12 heteroatoms. The highest BCUT2D eigenvalue weighted by atomic mass is 19.1. The van der Waals surface area contributed by atoms with Gasteiger partial charge >= 0.3 is 6.09 Å². The van der Waals surface area contributed by atoms with E-state index in [2.05, 4.69) is 20.3 Å². The van der Waals surface area contributed by atoms with Crippen LogP contribution < -0.4 is 10.1 Å². The fraction of sp³-hybridized carbons (Fsp3) is 0.222. The third-order valence-corrected chi connectivity index (χ3v) is 6.48. The molecule has 0 atom stereocenters. The van der Waals surface area contributed by atoms with Gasteiger partial charge in [0.15, 0.2) is 5.75 Å². The minimum Gasteiger partial charge on any atom is -0.408 e. The van der Waals surface area contributed by atoms with Gasteiger partial charge in [-0.25, -0.2) is 14.2 Å². The summed E-state index contributed by atoms with van der Waals surface area (Å²) in [7, 11) is 0. The van der Waals surface area contributed by atoms with Crippen molar-refractivity contribution in [1.82, 2.24) is 30.1 Å². The van der Waals surface area contributed by atoms with Gasteiger partial charge < -0.3 is 29.8 Å². The SMILES string of the molecule is O=C(NCCc1cnc[nH]1)Oc1ccc(F)c2c(C(=O)C(=O)N3CCN(C(=O)c4ccccc4)CC3)c[nH]c12. The number of hydrogen-bond donors (Lipinski definition) is 3. The predicted octanol–water partition coefficient (Wildman–Crippen LogP) is 2.53. The van der Waals surface area contributed by atoms with Crippen LogP contribution in [0.25, 0.3) is 10.9 Å². The van der Waals surface area contributed by atoms with E-state index in [1.54, 1.807) is 35.4 Å². The molecule has 0 saturated carbocycles. The maximum absolute atomic E-state index is 14.8. The summed E-state index contributed by atoms with van der Waals surface area (Å²) in [6.45, 7) is 1.14. The lowest BCUT2D eigenvalue weighted by molar-refractivity contribution is -0.127. The molecule has 0 spiro atoms. The number of ketones is 1. The first-order chi connectivity index (χ1) is 18.9. The third-order valence-electron chi connectivity index (χ3n) is 6.48. The van der Waals surface area contributed by atoms with E-state index in [4.69, 9.17) is 4.74 Å². The van der Waals surface area contributed by atoms with E-state index in [-0.39, 0.29) is 60.8 Å². The molecule has 11 nitrogen and oxygen atoms in total. The Morgan fingerprint density at radius 1 is 0.974 bits per heavy atom. The second kappa shape index (κ2) is 11.2. The Labute approximate surface area is 222 Å². The van der Waals surface area contributed by atoms with Gasteiger partial charge in [0.05, 0.1) is 22.8 Å². The van der Waals surface area contributed by atoms with Crippen LogP contribution in [0.5, 0.6) is 5.75 Å². The first kappa shape index (κ1) is 25.6. The minimum atomic E-state index is -0.899. The Morgan fingerprint density at radius 3 is 2.44 bits per heavy atom. The van der Waals surface area contributed by atoms with Crippen molar-refractivity contribution >= 4 is 34.6 Å². The molecule has 5 rings (SSSR count). The zero-order chi connectivity index (χ0) is 27.4. The standard InChI is InChI=1S/C27H25FN6O5/c28-20-6-7-21(39-27(38)30-9-8-18-14-29-16-32-18)23-22(20)19(15-31-23)24(35)26(37)34-12-10-33(11-13-34)25(36)17-4-2-1-3-5-17/h1-7,14-16,31H,8-13H2,(H,29,32)(H,30,38). The zero-order valence-corrected chi connectivity index (χ0v) is 20.8. The first-order valence-electron chi connectivity index (χ1n) is 12.3. The number of benzene rings is 2. The lowest BCUT2D eigenvalue weighted by Gasteiger charge is -2.34. The van der Waals surface area contributed by atoms with Gasteiger partial charge in [-0.2, -0.15) is 0 Å². The van der Waals surface area contributed by atoms with Crippen LogP contribution in [0.2, 0.25) is 0 Å². The number of nitrogens with one attached hydrogen (secondary N) is 3. The van der Waals surface area contributed by atoms with Crippen molar-refractivity contribution < 1.29 is 28.3 Å². The number of H-pyrrole nitrogens is 2. The number of fused-ring (bicyclic) bond motifs is 1. The normalized spacial score (nSPS) is 13.4. The monoisotopic (exact) mass is 532 g/mol. The Morgan fingerprint density at radius 2 is 1.72 bits per heavy atom. The molecule has 0 bridgehead atoms. The molecule has 4 aromatic rings. The number of aromatic nitrogens is 3. The summed E-state index contributed by atoms with van der Waals surface area (Å²) < 4.78 is 20.1. The highest BCUT2D eigenvalue weighted by Crippen LogP contribution is 2.30. The molecule has 200 valence electrons. The molecule has 2 aromatic heterocycles. The molecule has 1 saturated heterocycles. The highest BCUT2D eigenvalue weighted by Gasteiger charge is 2.31. The number of aromatic amines is 2. The molecule has 39 heavy (non-hydrogen) atoms. The van der Waals surface area contributed by atoms with Crippen molar-refractivity contribution in [2.75, 3.05) is 32.7 Å². The molecule has 2 aromatic carbocycles. The maximum atomic E-state index is 14.8. The summed E-state index contributed by atoms with van der Waals surface area (Å²) in [5.41, 5.74) is 1.29. The van der Waals surface area contributed by atoms with Crippen LogP contribution in [0.15, 0.2) is 61.2 Å². The molecule has 1 aliphatic heterocycles. The summed E-state index contributed by atoms with van der Waals surface area (Å²) in [6, 6.07) is 11.1. The Hall–Kier alpha value is -5.00. The number of amides is 3. The Balaban J connectivity index is 1.23. The molecule has 3 amide bonds. The Bertz CT molecular complexity index is 1510. The molecule has 1 aliphatic rings. The van der Waals surface area contributed by atoms with Crippen LogP contribution in [0.3, 0.4) is 0 Å². The van der Waals surface area contributed by atoms with Crippen LogP contribution in [-0.4, -0.2) is 81.2 Å². The highest BCUT2D eigenvalue weighted by molar-refractivity contribution is 6.45. The van der Waals surface area contributed by atoms with Gasteiger partial charge in [0.25, 0.3) is 17.6 Å². The summed E-state index contributed by atoms with van der Waals surface area (Å²) in [5, 5.41) is 2.44. The smallest absolute Gasteiger partial charge is 0.408 e. The molecule has 0 aliphatic carbocycles. The van der Waals surface area contributed by atoms with Gasteiger partial charge in [-0.15, -0.1) is 0 Å². The van der Waals surface area contributed by atoms with Crippen LogP contribution in [0, 0.1) is 5.82 Å². The van der Waals surface area contributed by atoms with E-state index < -0.39 is 23.6 Å². The number of hydrogen-bond acceptors (Lipinski definition) is 6. The average Bonchev–Trinajstić information content (AvgIpc) is 3.65. The second-order valence-electron chi connectivity index (χ2n) is 8.92. The number of ether oxygens (including phenoxy) is 1. The number of nitrogens with zero attached hydrogens (tertiary/aromatic N) is 3. The Kier molecular flexibility index (Phi) is 7.34. The van der Waals surface area contributed by atoms with Gasteiger partial charge in [0, 0.05) is 62.8 Å². The van der Waals surface area contributed by atoms with Gasteiger partial charge in [0.2, 0.25) is 0 Å². The number of carbonyl (C=O) groups excluding carboxylic acids is 4. The number of imidazole rings is 1. The van der Waals surface area contributed by atoms with Crippen LogP contribution in [0.1, 0.15) is 26.4 Å². The summed E-state index contributed by atoms with van der Waals surface area (Å²) in [6.07, 6.45) is 4.14. The molecular weight excluding hydrogens is 507 g/mol. The average molecular weight is 533 g/mol. The van der Waals surface area contributed by atoms with Gasteiger partial charge in [-0.3, -0.25) is 14.4 Å². The predicted molar refractivity (Wildman–Crippen MR) is 138 cm³/mol. The van der Waals surface area contributed by atoms with E-state index in [1.807, 2.05) is 6.07 Å². The largest absolute Gasteiger partial charge is 0.412 e. The molecule has 0 radical (unpaired) electrons. The van der Waals surface area contributed by atoms with Crippen LogP contribution in [0.4, 0.5) is 9.18 Å². The van der Waals surface area contributed by atoms with Crippen LogP contribution >= 0.6 is 0 Å².